The van der Waals surface area contributed by atoms with Gasteiger partial charge < -0.3 is 14.8 Å². The number of hydrogen-bond acceptors (Lipinski definition) is 3. The van der Waals surface area contributed by atoms with Crippen LogP contribution in [0.5, 0.6) is 0 Å². The first kappa shape index (κ1) is 14.8. The van der Waals surface area contributed by atoms with Gasteiger partial charge in [-0.1, -0.05) is 12.8 Å². The van der Waals surface area contributed by atoms with Gasteiger partial charge in [-0.25, -0.2) is 0 Å². The Balaban J connectivity index is 2.18. The zero-order valence-corrected chi connectivity index (χ0v) is 12.3. The number of aromatic amines is 1. The maximum absolute atomic E-state index is 12.7. The summed E-state index contributed by atoms with van der Waals surface area (Å²) in [5.74, 6) is -0.138. The lowest BCUT2D eigenvalue weighted by molar-refractivity contribution is 0.0666. The van der Waals surface area contributed by atoms with E-state index in [1.165, 1.54) is 25.1 Å². The summed E-state index contributed by atoms with van der Waals surface area (Å²) in [6, 6.07) is 1.69. The Morgan fingerprint density at radius 3 is 2.60 bits per heavy atom. The zero-order valence-electron chi connectivity index (χ0n) is 12.3. The lowest BCUT2D eigenvalue weighted by Crippen LogP contribution is -2.44. The molecule has 1 aromatic rings. The van der Waals surface area contributed by atoms with Crippen LogP contribution in [0.2, 0.25) is 0 Å². The lowest BCUT2D eigenvalue weighted by atomic mass is 10.1. The quantitative estimate of drug-likeness (QED) is 0.883. The first-order valence-corrected chi connectivity index (χ1v) is 7.22. The molecule has 2 rings (SSSR count). The van der Waals surface area contributed by atoms with Crippen molar-refractivity contribution in [1.29, 1.82) is 0 Å². The summed E-state index contributed by atoms with van der Waals surface area (Å²) >= 11 is 0. The van der Waals surface area contributed by atoms with Crippen LogP contribution in [0.1, 0.15) is 36.0 Å². The highest BCUT2D eigenvalue weighted by atomic mass is 16.2. The molecule has 1 aromatic heterocycles. The van der Waals surface area contributed by atoms with E-state index in [-0.39, 0.29) is 22.9 Å². The number of nitrogens with one attached hydrogen (secondary N) is 1. The number of nitrogens with zero attached hydrogens (tertiary/aromatic N) is 2. The molecule has 0 spiro atoms. The molecule has 0 aliphatic heterocycles. The summed E-state index contributed by atoms with van der Waals surface area (Å²) < 4.78 is 0. The number of H-pyrrole nitrogens is 1. The van der Waals surface area contributed by atoms with Crippen molar-refractivity contribution in [1.82, 2.24) is 14.8 Å². The molecule has 1 N–H and O–H groups in total. The highest BCUT2D eigenvalue weighted by Gasteiger charge is 2.28. The molecule has 0 bridgehead atoms. The third-order valence-corrected chi connectivity index (χ3v) is 3.87. The van der Waals surface area contributed by atoms with Gasteiger partial charge in [0.1, 0.15) is 5.56 Å². The van der Waals surface area contributed by atoms with E-state index in [0.717, 1.165) is 19.4 Å². The van der Waals surface area contributed by atoms with Gasteiger partial charge in [0.15, 0.2) is 5.43 Å². The van der Waals surface area contributed by atoms with Crippen LogP contribution in [0.3, 0.4) is 0 Å². The maximum atomic E-state index is 12.7. The average Bonchev–Trinajstić information content (AvgIpc) is 2.93. The molecule has 1 fully saturated rings. The van der Waals surface area contributed by atoms with E-state index in [4.69, 9.17) is 0 Å². The van der Waals surface area contributed by atoms with Crippen LogP contribution in [-0.4, -0.2) is 53.9 Å². The van der Waals surface area contributed by atoms with E-state index in [2.05, 4.69) is 9.88 Å². The van der Waals surface area contributed by atoms with Crippen LogP contribution in [0.25, 0.3) is 0 Å². The molecule has 0 unspecified atom stereocenters. The van der Waals surface area contributed by atoms with Gasteiger partial charge in [-0.3, -0.25) is 9.59 Å². The van der Waals surface area contributed by atoms with Crippen molar-refractivity contribution >= 4 is 5.91 Å². The van der Waals surface area contributed by atoms with Gasteiger partial charge in [0.25, 0.3) is 5.91 Å². The van der Waals surface area contributed by atoms with Crippen molar-refractivity contribution in [2.75, 3.05) is 27.2 Å². The highest BCUT2D eigenvalue weighted by molar-refractivity contribution is 5.94. The molecule has 5 heteroatoms. The number of hydrogen-bond donors (Lipinski definition) is 1. The molecule has 1 aliphatic carbocycles. The molecule has 1 amide bonds. The maximum Gasteiger partial charge on any atom is 0.259 e. The van der Waals surface area contributed by atoms with Gasteiger partial charge in [-0.2, -0.15) is 0 Å². The molecule has 0 aromatic carbocycles. The Morgan fingerprint density at radius 1 is 1.30 bits per heavy atom. The Kier molecular flexibility index (Phi) is 4.95. The smallest absolute Gasteiger partial charge is 0.259 e. The van der Waals surface area contributed by atoms with E-state index in [0.29, 0.717) is 6.54 Å². The second-order valence-corrected chi connectivity index (χ2v) is 5.66. The summed E-state index contributed by atoms with van der Waals surface area (Å²) in [7, 11) is 3.99. The average molecular weight is 277 g/mol. The third kappa shape index (κ3) is 3.48. The minimum absolute atomic E-state index is 0.138. The molecule has 0 atom stereocenters. The first-order valence-electron chi connectivity index (χ1n) is 7.22. The van der Waals surface area contributed by atoms with Crippen molar-refractivity contribution in [3.8, 4) is 0 Å². The largest absolute Gasteiger partial charge is 0.367 e. The SMILES string of the molecule is CN(C)CCN(C(=O)c1c[nH]ccc1=O)C1CCCC1. The van der Waals surface area contributed by atoms with Crippen LogP contribution < -0.4 is 5.43 Å². The lowest BCUT2D eigenvalue weighted by Gasteiger charge is -2.30. The van der Waals surface area contributed by atoms with Crippen LogP contribution in [0.4, 0.5) is 0 Å². The molecule has 1 aliphatic rings. The fourth-order valence-corrected chi connectivity index (χ4v) is 2.71. The second-order valence-electron chi connectivity index (χ2n) is 5.66. The van der Waals surface area contributed by atoms with Crippen molar-refractivity contribution < 1.29 is 4.79 Å². The Bertz CT molecular complexity index is 504. The standard InChI is InChI=1S/C15H23N3O2/c1-17(2)9-10-18(12-5-3-4-6-12)15(20)13-11-16-8-7-14(13)19/h7-8,11-12H,3-6,9-10H2,1-2H3,(H,16,19). The van der Waals surface area contributed by atoms with Crippen molar-refractivity contribution in [2.24, 2.45) is 0 Å². The summed E-state index contributed by atoms with van der Waals surface area (Å²) in [4.78, 5) is 31.3. The van der Waals surface area contributed by atoms with Crippen molar-refractivity contribution in [3.05, 3.63) is 34.2 Å². The molecule has 1 saturated carbocycles. The zero-order chi connectivity index (χ0) is 14.5. The topological polar surface area (TPSA) is 56.4 Å². The molecule has 20 heavy (non-hydrogen) atoms. The van der Waals surface area contributed by atoms with Crippen molar-refractivity contribution in [3.63, 3.8) is 0 Å². The summed E-state index contributed by atoms with van der Waals surface area (Å²) in [6.07, 6.45) is 7.50. The molecule has 0 saturated heterocycles. The predicted octanol–water partition coefficient (Wildman–Crippen LogP) is 1.32. The number of carbonyl (C=O) groups is 1. The molecular formula is C15H23N3O2. The van der Waals surface area contributed by atoms with Gasteiger partial charge >= 0.3 is 0 Å². The summed E-state index contributed by atoms with van der Waals surface area (Å²) in [6.45, 7) is 1.48. The molecular weight excluding hydrogens is 254 g/mol. The highest BCUT2D eigenvalue weighted by Crippen LogP contribution is 2.24. The van der Waals surface area contributed by atoms with Crippen LogP contribution in [0.15, 0.2) is 23.3 Å². The van der Waals surface area contributed by atoms with E-state index in [1.807, 2.05) is 19.0 Å². The normalized spacial score (nSPS) is 15.8. The van der Waals surface area contributed by atoms with Gasteiger partial charge in [0.05, 0.1) is 0 Å². The predicted molar refractivity (Wildman–Crippen MR) is 78.9 cm³/mol. The number of carbonyl (C=O) groups excluding carboxylic acids is 1. The van der Waals surface area contributed by atoms with Gasteiger partial charge in [0.2, 0.25) is 0 Å². The molecule has 110 valence electrons. The van der Waals surface area contributed by atoms with E-state index in [9.17, 15) is 9.59 Å². The van der Waals surface area contributed by atoms with E-state index >= 15 is 0 Å². The Labute approximate surface area is 119 Å². The Morgan fingerprint density at radius 2 is 2.00 bits per heavy atom. The fourth-order valence-electron chi connectivity index (χ4n) is 2.71. The van der Waals surface area contributed by atoms with E-state index < -0.39 is 0 Å². The van der Waals surface area contributed by atoms with Gasteiger partial charge in [-0.05, 0) is 26.9 Å². The van der Waals surface area contributed by atoms with Crippen LogP contribution >= 0.6 is 0 Å². The molecule has 1 heterocycles. The number of likely N-dealkylation sites (N-methyl/N-ethyl adjacent to an activating group) is 1. The number of aromatic nitrogens is 1. The van der Waals surface area contributed by atoms with Crippen molar-refractivity contribution in [2.45, 2.75) is 31.7 Å². The van der Waals surface area contributed by atoms with Gasteiger partial charge in [0, 0.05) is 37.6 Å². The number of pyridine rings is 1. The fraction of sp³-hybridized carbons (Fsp3) is 0.600. The third-order valence-electron chi connectivity index (χ3n) is 3.87. The minimum Gasteiger partial charge on any atom is -0.367 e. The van der Waals surface area contributed by atoms with Gasteiger partial charge in [-0.15, -0.1) is 0 Å². The van der Waals surface area contributed by atoms with E-state index in [1.54, 1.807) is 6.20 Å². The minimum atomic E-state index is -0.207. The Hall–Kier alpha value is -1.62. The summed E-state index contributed by atoms with van der Waals surface area (Å²) in [5, 5.41) is 0. The summed E-state index contributed by atoms with van der Waals surface area (Å²) in [5.41, 5.74) is 0.0414. The number of rotatable bonds is 5. The first-order chi connectivity index (χ1) is 9.59. The van der Waals surface area contributed by atoms with Crippen LogP contribution in [-0.2, 0) is 0 Å². The second kappa shape index (κ2) is 6.70. The molecule has 5 nitrogen and oxygen atoms in total. The molecule has 0 radical (unpaired) electrons. The monoisotopic (exact) mass is 277 g/mol. The number of amides is 1. The van der Waals surface area contributed by atoms with Crippen LogP contribution in [0, 0.1) is 0 Å².